The number of aromatic nitrogens is 3. The number of nitrogens with zero attached hydrogens (tertiary/aromatic N) is 3. The van der Waals surface area contributed by atoms with Crippen molar-refractivity contribution in [3.63, 3.8) is 0 Å². The van der Waals surface area contributed by atoms with Gasteiger partial charge in [-0.05, 0) is 31.7 Å². The van der Waals surface area contributed by atoms with Gasteiger partial charge in [-0.3, -0.25) is 0 Å². The molecular formula is C10H15N5O2S. The Hall–Kier alpha value is -1.67. The molecule has 8 heteroatoms. The van der Waals surface area contributed by atoms with E-state index < -0.39 is 10.0 Å². The Bertz CT molecular complexity index is 649. The molecule has 18 heavy (non-hydrogen) atoms. The third-order valence-electron chi connectivity index (χ3n) is 2.51. The fourth-order valence-electron chi connectivity index (χ4n) is 1.60. The van der Waals surface area contributed by atoms with Gasteiger partial charge in [0.25, 0.3) is 0 Å². The molecule has 2 heterocycles. The monoisotopic (exact) mass is 269 g/mol. The Morgan fingerprint density at radius 1 is 1.39 bits per heavy atom. The molecule has 0 atom stereocenters. The molecule has 0 spiro atoms. The summed E-state index contributed by atoms with van der Waals surface area (Å²) in [5.74, 6) is 0.738. The lowest BCUT2D eigenvalue weighted by atomic mass is 10.3. The van der Waals surface area contributed by atoms with Crippen LogP contribution in [-0.2, 0) is 10.0 Å². The van der Waals surface area contributed by atoms with E-state index in [0.717, 1.165) is 17.0 Å². The number of aryl methyl sites for hydroxylation is 1. The van der Waals surface area contributed by atoms with Crippen molar-refractivity contribution >= 4 is 21.5 Å². The number of fused-ring (bicyclic) bond motifs is 1. The second-order valence-corrected chi connectivity index (χ2v) is 5.94. The van der Waals surface area contributed by atoms with Crippen molar-refractivity contribution < 1.29 is 8.42 Å². The number of pyridine rings is 1. The van der Waals surface area contributed by atoms with Crippen molar-refractivity contribution in [2.45, 2.75) is 6.92 Å². The standard InChI is InChI=1S/C10H15N5O2S/c1-8-5-9(12-3-4-18(16,17)11-2)15-10(6-8)13-7-14-15/h5-7,11-12H,3-4H2,1-2H3. The lowest BCUT2D eigenvalue weighted by Gasteiger charge is -2.09. The van der Waals surface area contributed by atoms with Crippen LogP contribution in [0.2, 0.25) is 0 Å². The maximum absolute atomic E-state index is 11.3. The molecule has 2 N–H and O–H groups in total. The van der Waals surface area contributed by atoms with Crippen LogP contribution in [0, 0.1) is 6.92 Å². The molecule has 0 saturated carbocycles. The topological polar surface area (TPSA) is 88.4 Å². The van der Waals surface area contributed by atoms with E-state index in [2.05, 4.69) is 20.1 Å². The van der Waals surface area contributed by atoms with Crippen LogP contribution < -0.4 is 10.0 Å². The molecule has 0 unspecified atom stereocenters. The van der Waals surface area contributed by atoms with E-state index >= 15 is 0 Å². The van der Waals surface area contributed by atoms with Crippen molar-refractivity contribution in [1.82, 2.24) is 19.3 Å². The van der Waals surface area contributed by atoms with Gasteiger partial charge in [-0.2, -0.15) is 9.61 Å². The second kappa shape index (κ2) is 4.91. The summed E-state index contributed by atoms with van der Waals surface area (Å²) < 4.78 is 26.5. The van der Waals surface area contributed by atoms with Crippen LogP contribution in [-0.4, -0.2) is 42.4 Å². The van der Waals surface area contributed by atoms with Crippen molar-refractivity contribution in [3.05, 3.63) is 24.0 Å². The minimum absolute atomic E-state index is 0.00757. The predicted octanol–water partition coefficient (Wildman–Crippen LogP) is -0.00118. The van der Waals surface area contributed by atoms with Gasteiger partial charge < -0.3 is 5.32 Å². The lowest BCUT2D eigenvalue weighted by Crippen LogP contribution is -2.26. The first-order valence-electron chi connectivity index (χ1n) is 5.47. The highest BCUT2D eigenvalue weighted by atomic mass is 32.2. The quantitative estimate of drug-likeness (QED) is 0.797. The Labute approximate surface area is 105 Å². The van der Waals surface area contributed by atoms with Gasteiger partial charge >= 0.3 is 0 Å². The highest BCUT2D eigenvalue weighted by Crippen LogP contribution is 2.12. The highest BCUT2D eigenvalue weighted by Gasteiger charge is 2.08. The van der Waals surface area contributed by atoms with E-state index in [1.54, 1.807) is 4.52 Å². The summed E-state index contributed by atoms with van der Waals surface area (Å²) in [6, 6.07) is 3.80. The first kappa shape index (κ1) is 12.8. The van der Waals surface area contributed by atoms with Gasteiger partial charge in [-0.15, -0.1) is 0 Å². The second-order valence-electron chi connectivity index (χ2n) is 3.90. The van der Waals surface area contributed by atoms with Gasteiger partial charge in [-0.25, -0.2) is 18.1 Å². The molecule has 0 aliphatic heterocycles. The van der Waals surface area contributed by atoms with Gasteiger partial charge in [0.1, 0.15) is 12.1 Å². The van der Waals surface area contributed by atoms with Crippen molar-refractivity contribution in [2.75, 3.05) is 24.7 Å². The largest absolute Gasteiger partial charge is 0.369 e. The average molecular weight is 269 g/mol. The summed E-state index contributed by atoms with van der Waals surface area (Å²) in [6.45, 7) is 2.26. The minimum atomic E-state index is -3.20. The van der Waals surface area contributed by atoms with Crippen molar-refractivity contribution in [1.29, 1.82) is 0 Å². The van der Waals surface area contributed by atoms with Gasteiger partial charge in [0.2, 0.25) is 10.0 Å². The van der Waals surface area contributed by atoms with Crippen molar-refractivity contribution in [3.8, 4) is 0 Å². The Morgan fingerprint density at radius 3 is 2.89 bits per heavy atom. The number of rotatable bonds is 5. The zero-order chi connectivity index (χ0) is 13.2. The normalized spacial score (nSPS) is 11.9. The van der Waals surface area contributed by atoms with E-state index in [-0.39, 0.29) is 5.75 Å². The Morgan fingerprint density at radius 2 is 2.17 bits per heavy atom. The van der Waals surface area contributed by atoms with Crippen LogP contribution in [0.25, 0.3) is 5.65 Å². The van der Waals surface area contributed by atoms with E-state index in [1.165, 1.54) is 13.4 Å². The third kappa shape index (κ3) is 2.77. The smallest absolute Gasteiger partial charge is 0.213 e. The first-order chi connectivity index (χ1) is 8.52. The lowest BCUT2D eigenvalue weighted by molar-refractivity contribution is 0.588. The number of sulfonamides is 1. The molecule has 2 rings (SSSR count). The summed E-state index contributed by atoms with van der Waals surface area (Å²) in [5.41, 5.74) is 1.77. The molecule has 0 aromatic carbocycles. The maximum Gasteiger partial charge on any atom is 0.213 e. The SMILES string of the molecule is CNS(=O)(=O)CCNc1cc(C)cc2ncnn12. The molecule has 98 valence electrons. The summed E-state index contributed by atoms with van der Waals surface area (Å²) in [6.07, 6.45) is 1.46. The molecule has 0 amide bonds. The number of hydrogen-bond acceptors (Lipinski definition) is 5. The zero-order valence-corrected chi connectivity index (χ0v) is 11.0. The van der Waals surface area contributed by atoms with E-state index in [9.17, 15) is 8.42 Å². The van der Waals surface area contributed by atoms with E-state index in [1.807, 2.05) is 19.1 Å². The third-order valence-corrected chi connectivity index (χ3v) is 3.87. The first-order valence-corrected chi connectivity index (χ1v) is 7.12. The van der Waals surface area contributed by atoms with Crippen LogP contribution in [0.1, 0.15) is 5.56 Å². The molecule has 0 saturated heterocycles. The minimum Gasteiger partial charge on any atom is -0.369 e. The molecule has 0 bridgehead atoms. The highest BCUT2D eigenvalue weighted by molar-refractivity contribution is 7.89. The molecule has 0 aliphatic carbocycles. The Kier molecular flexibility index (Phi) is 3.48. The fraction of sp³-hybridized carbons (Fsp3) is 0.400. The van der Waals surface area contributed by atoms with Crippen LogP contribution >= 0.6 is 0 Å². The molecule has 2 aromatic heterocycles. The van der Waals surface area contributed by atoms with Crippen LogP contribution in [0.5, 0.6) is 0 Å². The maximum atomic E-state index is 11.3. The van der Waals surface area contributed by atoms with Gasteiger partial charge in [0, 0.05) is 6.54 Å². The molecule has 0 fully saturated rings. The molecule has 7 nitrogen and oxygen atoms in total. The number of anilines is 1. The Balaban J connectivity index is 2.14. The van der Waals surface area contributed by atoms with E-state index in [4.69, 9.17) is 0 Å². The van der Waals surface area contributed by atoms with Crippen LogP contribution in [0.15, 0.2) is 18.5 Å². The van der Waals surface area contributed by atoms with E-state index in [0.29, 0.717) is 6.54 Å². The molecule has 2 aromatic rings. The predicted molar refractivity (Wildman–Crippen MR) is 69.1 cm³/mol. The van der Waals surface area contributed by atoms with Crippen LogP contribution in [0.4, 0.5) is 5.82 Å². The molecule has 0 radical (unpaired) electrons. The summed E-state index contributed by atoms with van der Waals surface area (Å²) in [5, 5.41) is 7.12. The fourth-order valence-corrected chi connectivity index (χ4v) is 2.17. The summed E-state index contributed by atoms with van der Waals surface area (Å²) >= 11 is 0. The van der Waals surface area contributed by atoms with Crippen LogP contribution in [0.3, 0.4) is 0 Å². The summed E-state index contributed by atoms with van der Waals surface area (Å²) in [7, 11) is -1.80. The van der Waals surface area contributed by atoms with Crippen molar-refractivity contribution in [2.24, 2.45) is 0 Å². The zero-order valence-electron chi connectivity index (χ0n) is 10.2. The van der Waals surface area contributed by atoms with Gasteiger partial charge in [-0.1, -0.05) is 0 Å². The summed E-state index contributed by atoms with van der Waals surface area (Å²) in [4.78, 5) is 4.09. The number of nitrogens with one attached hydrogen (secondary N) is 2. The van der Waals surface area contributed by atoms with Gasteiger partial charge in [0.05, 0.1) is 5.75 Å². The molecular weight excluding hydrogens is 254 g/mol. The average Bonchev–Trinajstić information content (AvgIpc) is 2.76. The molecule has 0 aliphatic rings. The number of hydrogen-bond donors (Lipinski definition) is 2. The van der Waals surface area contributed by atoms with Gasteiger partial charge in [0.15, 0.2) is 5.65 Å².